The molecule has 0 aromatic rings. The first-order chi connectivity index (χ1) is 13.1. The minimum absolute atomic E-state index is 0.0688. The molecule has 6 heteroatoms. The molecule has 2 aliphatic carbocycles. The lowest BCUT2D eigenvalue weighted by Crippen LogP contribution is -2.44. The van der Waals surface area contributed by atoms with Gasteiger partial charge in [-0.05, 0) is 45.2 Å². The number of hydrogen-bond donors (Lipinski definition) is 0. The molecule has 3 heterocycles. The third kappa shape index (κ3) is 3.02. The zero-order valence-corrected chi connectivity index (χ0v) is 16.2. The molecule has 1 saturated heterocycles. The number of rotatable bonds is 0. The third-order valence-electron chi connectivity index (χ3n) is 7.17. The van der Waals surface area contributed by atoms with Crippen molar-refractivity contribution in [2.24, 2.45) is 17.8 Å². The molecule has 0 amide bonds. The molecule has 0 radical (unpaired) electrons. The molecule has 5 atom stereocenters. The van der Waals surface area contributed by atoms with Gasteiger partial charge in [-0.3, -0.25) is 4.79 Å². The quantitative estimate of drug-likeness (QED) is 0.649. The van der Waals surface area contributed by atoms with Gasteiger partial charge < -0.3 is 23.8 Å². The van der Waals surface area contributed by atoms with E-state index in [-0.39, 0.29) is 24.0 Å². The molecule has 0 aromatic heterocycles. The number of likely N-dealkylation sites (N-methyl/N-ethyl adjacent to an activating group) is 1. The van der Waals surface area contributed by atoms with E-state index in [9.17, 15) is 4.79 Å². The summed E-state index contributed by atoms with van der Waals surface area (Å²) in [6, 6.07) is 0. The monoisotopic (exact) mass is 375 g/mol. The van der Waals surface area contributed by atoms with Crippen molar-refractivity contribution >= 4 is 5.78 Å². The summed E-state index contributed by atoms with van der Waals surface area (Å²) in [5, 5.41) is 0. The second-order valence-corrected chi connectivity index (χ2v) is 8.68. The Morgan fingerprint density at radius 3 is 2.70 bits per heavy atom. The molecule has 5 rings (SSSR count). The highest BCUT2D eigenvalue weighted by atomic mass is 16.7. The van der Waals surface area contributed by atoms with E-state index < -0.39 is 0 Å². The standard InChI is InChI=1S/C21H29NO5/c1-12-14-3-4-17-21(27-11-24-17)16(14)9-22(2)6-5-13-7-18-19(26-10-25-18)8-15(13)20(12)23/h12-13,15,18-19H,3-11H2,1-2H3. The largest absolute Gasteiger partial charge is 0.458 e. The summed E-state index contributed by atoms with van der Waals surface area (Å²) in [6.45, 7) is 4.57. The Bertz CT molecular complexity index is 699. The van der Waals surface area contributed by atoms with Crippen molar-refractivity contribution in [1.82, 2.24) is 4.90 Å². The van der Waals surface area contributed by atoms with Crippen LogP contribution in [-0.4, -0.2) is 56.6 Å². The minimum Gasteiger partial charge on any atom is -0.458 e. The van der Waals surface area contributed by atoms with E-state index >= 15 is 0 Å². The van der Waals surface area contributed by atoms with Crippen molar-refractivity contribution in [3.05, 3.63) is 22.7 Å². The van der Waals surface area contributed by atoms with Gasteiger partial charge in [0, 0.05) is 30.4 Å². The number of allylic oxidation sites excluding steroid dienone is 2. The lowest BCUT2D eigenvalue weighted by molar-refractivity contribution is -0.130. The van der Waals surface area contributed by atoms with Gasteiger partial charge in [-0.15, -0.1) is 0 Å². The van der Waals surface area contributed by atoms with Crippen LogP contribution in [0.15, 0.2) is 22.7 Å². The van der Waals surface area contributed by atoms with E-state index in [2.05, 4.69) is 18.9 Å². The van der Waals surface area contributed by atoms with Gasteiger partial charge in [0.25, 0.3) is 0 Å². The predicted octanol–water partition coefficient (Wildman–Crippen LogP) is 2.60. The first-order valence-corrected chi connectivity index (χ1v) is 10.3. The highest BCUT2D eigenvalue weighted by Gasteiger charge is 2.46. The Balaban J connectivity index is 1.49. The minimum atomic E-state index is -0.0730. The first kappa shape index (κ1) is 17.7. The molecule has 1 saturated carbocycles. The van der Waals surface area contributed by atoms with E-state index in [1.165, 1.54) is 11.1 Å². The normalized spacial score (nSPS) is 39.9. The van der Waals surface area contributed by atoms with E-state index in [0.29, 0.717) is 25.3 Å². The fourth-order valence-corrected chi connectivity index (χ4v) is 5.61. The predicted molar refractivity (Wildman–Crippen MR) is 97.4 cm³/mol. The fraction of sp³-hybridized carbons (Fsp3) is 0.762. The van der Waals surface area contributed by atoms with Crippen LogP contribution in [0.1, 0.15) is 39.0 Å². The average Bonchev–Trinajstić information content (AvgIpc) is 3.32. The molecule has 0 bridgehead atoms. The van der Waals surface area contributed by atoms with Gasteiger partial charge in [0.05, 0.1) is 12.2 Å². The van der Waals surface area contributed by atoms with E-state index in [0.717, 1.165) is 56.7 Å². The fourth-order valence-electron chi connectivity index (χ4n) is 5.61. The number of fused-ring (bicyclic) bond motifs is 3. The molecular formula is C21H29NO5. The Morgan fingerprint density at radius 1 is 1.04 bits per heavy atom. The Morgan fingerprint density at radius 2 is 1.85 bits per heavy atom. The van der Waals surface area contributed by atoms with Crippen molar-refractivity contribution in [3.63, 3.8) is 0 Å². The summed E-state index contributed by atoms with van der Waals surface area (Å²) < 4.78 is 23.0. The maximum absolute atomic E-state index is 13.6. The zero-order chi connectivity index (χ0) is 18.5. The molecule has 2 fully saturated rings. The van der Waals surface area contributed by atoms with Gasteiger partial charge in [0.2, 0.25) is 6.79 Å². The zero-order valence-electron chi connectivity index (χ0n) is 16.2. The van der Waals surface area contributed by atoms with Crippen LogP contribution in [0.5, 0.6) is 0 Å². The molecule has 148 valence electrons. The number of ketones is 1. The van der Waals surface area contributed by atoms with Crippen LogP contribution in [0.25, 0.3) is 0 Å². The van der Waals surface area contributed by atoms with Crippen LogP contribution in [0.2, 0.25) is 0 Å². The van der Waals surface area contributed by atoms with Crippen molar-refractivity contribution < 1.29 is 23.7 Å². The first-order valence-electron chi connectivity index (χ1n) is 10.3. The molecule has 3 aliphatic heterocycles. The lowest BCUT2D eigenvalue weighted by Gasteiger charge is -2.39. The number of carbonyl (C=O) groups excluding carboxylic acids is 1. The van der Waals surface area contributed by atoms with E-state index in [1.54, 1.807) is 0 Å². The molecule has 6 nitrogen and oxygen atoms in total. The summed E-state index contributed by atoms with van der Waals surface area (Å²) in [6.07, 6.45) is 4.76. The van der Waals surface area contributed by atoms with Crippen LogP contribution < -0.4 is 0 Å². The van der Waals surface area contributed by atoms with Gasteiger partial charge >= 0.3 is 0 Å². The maximum Gasteiger partial charge on any atom is 0.230 e. The van der Waals surface area contributed by atoms with E-state index in [4.69, 9.17) is 18.9 Å². The molecule has 5 aliphatic rings. The summed E-state index contributed by atoms with van der Waals surface area (Å²) in [7, 11) is 2.17. The Labute approximate surface area is 160 Å². The molecule has 5 unspecified atom stereocenters. The number of carbonyl (C=O) groups is 1. The molecule has 0 aromatic carbocycles. The summed E-state index contributed by atoms with van der Waals surface area (Å²) in [5.74, 6) is 2.63. The summed E-state index contributed by atoms with van der Waals surface area (Å²) in [5.41, 5.74) is 2.44. The topological polar surface area (TPSA) is 57.2 Å². The van der Waals surface area contributed by atoms with Crippen molar-refractivity contribution in [2.45, 2.75) is 51.2 Å². The lowest BCUT2D eigenvalue weighted by atomic mass is 9.68. The van der Waals surface area contributed by atoms with Gasteiger partial charge in [0.15, 0.2) is 5.76 Å². The van der Waals surface area contributed by atoms with Crippen LogP contribution in [0.3, 0.4) is 0 Å². The van der Waals surface area contributed by atoms with E-state index in [1.807, 2.05) is 0 Å². The number of nitrogens with zero attached hydrogens (tertiary/aromatic N) is 1. The summed E-state index contributed by atoms with van der Waals surface area (Å²) in [4.78, 5) is 15.9. The van der Waals surface area contributed by atoms with Gasteiger partial charge in [-0.1, -0.05) is 12.5 Å². The van der Waals surface area contributed by atoms with Crippen LogP contribution >= 0.6 is 0 Å². The summed E-state index contributed by atoms with van der Waals surface area (Å²) >= 11 is 0. The molecule has 27 heavy (non-hydrogen) atoms. The number of hydrogen-bond acceptors (Lipinski definition) is 6. The second-order valence-electron chi connectivity index (χ2n) is 8.68. The van der Waals surface area contributed by atoms with Crippen molar-refractivity contribution in [2.75, 3.05) is 33.7 Å². The smallest absolute Gasteiger partial charge is 0.230 e. The second kappa shape index (κ2) is 6.90. The number of Topliss-reactive ketones (excluding diaryl/α,β-unsaturated/α-hetero) is 1. The van der Waals surface area contributed by atoms with Crippen LogP contribution in [0.4, 0.5) is 0 Å². The Kier molecular flexibility index (Phi) is 4.53. The highest BCUT2D eigenvalue weighted by Crippen LogP contribution is 2.44. The SMILES string of the molecule is CC1C(=O)C2CC3OCOC3CC2CCN(C)CC2=C1CCC1=C2OCO1. The van der Waals surface area contributed by atoms with Crippen molar-refractivity contribution in [3.8, 4) is 0 Å². The average molecular weight is 375 g/mol. The molecule has 0 spiro atoms. The third-order valence-corrected chi connectivity index (χ3v) is 7.17. The Hall–Kier alpha value is -1.37. The van der Waals surface area contributed by atoms with Gasteiger partial charge in [-0.2, -0.15) is 0 Å². The molecular weight excluding hydrogens is 346 g/mol. The van der Waals surface area contributed by atoms with Gasteiger partial charge in [0.1, 0.15) is 18.3 Å². The van der Waals surface area contributed by atoms with Crippen LogP contribution in [-0.2, 0) is 23.7 Å². The van der Waals surface area contributed by atoms with Gasteiger partial charge in [-0.25, -0.2) is 0 Å². The maximum atomic E-state index is 13.6. The van der Waals surface area contributed by atoms with Crippen LogP contribution in [0, 0.1) is 17.8 Å². The molecule has 0 N–H and O–H groups in total. The number of ether oxygens (including phenoxy) is 4. The van der Waals surface area contributed by atoms with Crippen molar-refractivity contribution in [1.29, 1.82) is 0 Å². The highest BCUT2D eigenvalue weighted by molar-refractivity contribution is 5.86.